The minimum absolute atomic E-state index is 0.799. The SMILES string of the molecule is CN(C)CCN(C)c1cccc(CN2CCN(c3ccc(Cl)cc3)CC2)c1. The van der Waals surface area contributed by atoms with Crippen LogP contribution in [0.4, 0.5) is 11.4 Å². The molecule has 0 N–H and O–H groups in total. The molecule has 27 heavy (non-hydrogen) atoms. The topological polar surface area (TPSA) is 13.0 Å². The zero-order valence-electron chi connectivity index (χ0n) is 16.7. The number of nitrogens with zero attached hydrogens (tertiary/aromatic N) is 4. The Morgan fingerprint density at radius 1 is 0.889 bits per heavy atom. The van der Waals surface area contributed by atoms with Crippen LogP contribution < -0.4 is 9.80 Å². The molecule has 1 saturated heterocycles. The number of hydrogen-bond donors (Lipinski definition) is 0. The highest BCUT2D eigenvalue weighted by Gasteiger charge is 2.17. The molecule has 2 aromatic carbocycles. The van der Waals surface area contributed by atoms with E-state index >= 15 is 0 Å². The molecular formula is C22H31ClN4. The molecule has 0 radical (unpaired) electrons. The maximum atomic E-state index is 6.00. The van der Waals surface area contributed by atoms with Crippen LogP contribution in [0.3, 0.4) is 0 Å². The van der Waals surface area contributed by atoms with Crippen molar-refractivity contribution in [3.8, 4) is 0 Å². The van der Waals surface area contributed by atoms with E-state index in [0.717, 1.165) is 50.8 Å². The Balaban J connectivity index is 1.53. The van der Waals surface area contributed by atoms with Gasteiger partial charge in [-0.1, -0.05) is 23.7 Å². The predicted octanol–water partition coefficient (Wildman–Crippen LogP) is 3.66. The van der Waals surface area contributed by atoms with E-state index in [2.05, 4.69) is 77.1 Å². The molecule has 1 aliphatic heterocycles. The summed E-state index contributed by atoms with van der Waals surface area (Å²) in [4.78, 5) is 9.55. The molecule has 5 heteroatoms. The lowest BCUT2D eigenvalue weighted by atomic mass is 10.1. The number of likely N-dealkylation sites (N-methyl/N-ethyl adjacent to an activating group) is 2. The quantitative estimate of drug-likeness (QED) is 0.719. The highest BCUT2D eigenvalue weighted by atomic mass is 35.5. The number of piperazine rings is 1. The van der Waals surface area contributed by atoms with Gasteiger partial charge in [0.2, 0.25) is 0 Å². The summed E-state index contributed by atoms with van der Waals surface area (Å²) >= 11 is 6.00. The van der Waals surface area contributed by atoms with Crippen LogP contribution in [-0.2, 0) is 6.54 Å². The van der Waals surface area contributed by atoms with Crippen LogP contribution in [0, 0.1) is 0 Å². The van der Waals surface area contributed by atoms with Gasteiger partial charge in [0.05, 0.1) is 0 Å². The van der Waals surface area contributed by atoms with E-state index in [1.54, 1.807) is 0 Å². The van der Waals surface area contributed by atoms with E-state index in [1.165, 1.54) is 16.9 Å². The summed E-state index contributed by atoms with van der Waals surface area (Å²) in [7, 11) is 6.41. The average molecular weight is 387 g/mol. The summed E-state index contributed by atoms with van der Waals surface area (Å²) in [6.07, 6.45) is 0. The van der Waals surface area contributed by atoms with Gasteiger partial charge in [-0.25, -0.2) is 0 Å². The average Bonchev–Trinajstić information content (AvgIpc) is 2.67. The monoisotopic (exact) mass is 386 g/mol. The van der Waals surface area contributed by atoms with Gasteiger partial charge in [0.1, 0.15) is 0 Å². The summed E-state index contributed by atoms with van der Waals surface area (Å²) in [5.41, 5.74) is 3.96. The van der Waals surface area contributed by atoms with Crippen LogP contribution >= 0.6 is 11.6 Å². The normalized spacial score (nSPS) is 15.4. The lowest BCUT2D eigenvalue weighted by Crippen LogP contribution is -2.45. The first-order valence-corrected chi connectivity index (χ1v) is 10.1. The Bertz CT molecular complexity index is 709. The fraction of sp³-hybridized carbons (Fsp3) is 0.455. The van der Waals surface area contributed by atoms with Gasteiger partial charge in [-0.05, 0) is 56.1 Å². The Labute approximate surface area is 168 Å². The molecule has 0 unspecified atom stereocenters. The summed E-state index contributed by atoms with van der Waals surface area (Å²) in [6.45, 7) is 7.41. The van der Waals surface area contributed by atoms with Gasteiger partial charge in [-0.15, -0.1) is 0 Å². The largest absolute Gasteiger partial charge is 0.373 e. The fourth-order valence-corrected chi connectivity index (χ4v) is 3.57. The van der Waals surface area contributed by atoms with Crippen molar-refractivity contribution < 1.29 is 0 Å². The van der Waals surface area contributed by atoms with Crippen LogP contribution in [-0.4, -0.2) is 70.2 Å². The first-order chi connectivity index (χ1) is 13.0. The molecule has 4 nitrogen and oxygen atoms in total. The fourth-order valence-electron chi connectivity index (χ4n) is 3.45. The van der Waals surface area contributed by atoms with Crippen LogP contribution in [0.5, 0.6) is 0 Å². The zero-order chi connectivity index (χ0) is 19.2. The number of hydrogen-bond acceptors (Lipinski definition) is 4. The van der Waals surface area contributed by atoms with Crippen molar-refractivity contribution in [1.82, 2.24) is 9.80 Å². The standard InChI is InChI=1S/C22H31ClN4/c1-24(2)11-12-25(3)22-6-4-5-19(17-22)18-26-13-15-27(16-14-26)21-9-7-20(23)8-10-21/h4-10,17H,11-16,18H2,1-3H3. The second-order valence-corrected chi connectivity index (χ2v) is 8.07. The number of anilines is 2. The van der Waals surface area contributed by atoms with Gasteiger partial charge in [0.25, 0.3) is 0 Å². The lowest BCUT2D eigenvalue weighted by Gasteiger charge is -2.36. The van der Waals surface area contributed by atoms with Crippen molar-refractivity contribution in [2.24, 2.45) is 0 Å². The molecule has 0 saturated carbocycles. The predicted molar refractivity (Wildman–Crippen MR) is 117 cm³/mol. The van der Waals surface area contributed by atoms with Crippen molar-refractivity contribution in [2.45, 2.75) is 6.54 Å². The van der Waals surface area contributed by atoms with Crippen molar-refractivity contribution in [3.05, 3.63) is 59.1 Å². The van der Waals surface area contributed by atoms with Gasteiger partial charge in [0.15, 0.2) is 0 Å². The number of halogens is 1. The van der Waals surface area contributed by atoms with E-state index in [9.17, 15) is 0 Å². The Hall–Kier alpha value is -1.75. The summed E-state index contributed by atoms with van der Waals surface area (Å²) in [5.74, 6) is 0. The Kier molecular flexibility index (Phi) is 7.00. The molecule has 1 heterocycles. The third-order valence-electron chi connectivity index (χ3n) is 5.20. The van der Waals surface area contributed by atoms with Crippen molar-refractivity contribution >= 4 is 23.0 Å². The number of benzene rings is 2. The third kappa shape index (κ3) is 5.86. The summed E-state index contributed by atoms with van der Waals surface area (Å²) < 4.78 is 0. The summed E-state index contributed by atoms with van der Waals surface area (Å²) in [6, 6.07) is 17.1. The molecule has 0 amide bonds. The van der Waals surface area contributed by atoms with Gasteiger partial charge < -0.3 is 14.7 Å². The maximum Gasteiger partial charge on any atom is 0.0407 e. The van der Waals surface area contributed by atoms with E-state index < -0.39 is 0 Å². The molecule has 0 spiro atoms. The highest BCUT2D eigenvalue weighted by Crippen LogP contribution is 2.21. The molecule has 0 bridgehead atoms. The molecule has 0 aromatic heterocycles. The molecule has 1 fully saturated rings. The highest BCUT2D eigenvalue weighted by molar-refractivity contribution is 6.30. The minimum Gasteiger partial charge on any atom is -0.373 e. The second-order valence-electron chi connectivity index (χ2n) is 7.63. The molecule has 3 rings (SSSR count). The second kappa shape index (κ2) is 9.45. The zero-order valence-corrected chi connectivity index (χ0v) is 17.5. The molecular weight excluding hydrogens is 356 g/mol. The van der Waals surface area contributed by atoms with Crippen LogP contribution in [0.2, 0.25) is 5.02 Å². The number of rotatable bonds is 7. The lowest BCUT2D eigenvalue weighted by molar-refractivity contribution is 0.250. The molecule has 1 aliphatic rings. The van der Waals surface area contributed by atoms with E-state index in [0.29, 0.717) is 0 Å². The molecule has 0 atom stereocenters. The first kappa shape index (κ1) is 20.0. The van der Waals surface area contributed by atoms with Crippen molar-refractivity contribution in [3.63, 3.8) is 0 Å². The Morgan fingerprint density at radius 2 is 1.59 bits per heavy atom. The Morgan fingerprint density at radius 3 is 2.26 bits per heavy atom. The van der Waals surface area contributed by atoms with Crippen LogP contribution in [0.15, 0.2) is 48.5 Å². The van der Waals surface area contributed by atoms with E-state index in [-0.39, 0.29) is 0 Å². The molecule has 146 valence electrons. The van der Waals surface area contributed by atoms with Gasteiger partial charge in [0, 0.05) is 69.3 Å². The molecule has 2 aromatic rings. The van der Waals surface area contributed by atoms with Crippen molar-refractivity contribution in [2.75, 3.05) is 70.2 Å². The van der Waals surface area contributed by atoms with Gasteiger partial charge in [-0.3, -0.25) is 4.90 Å². The van der Waals surface area contributed by atoms with Crippen LogP contribution in [0.25, 0.3) is 0 Å². The summed E-state index contributed by atoms with van der Waals surface area (Å²) in [5, 5.41) is 0.799. The minimum atomic E-state index is 0.799. The van der Waals surface area contributed by atoms with Crippen molar-refractivity contribution in [1.29, 1.82) is 0 Å². The molecule has 0 aliphatic carbocycles. The first-order valence-electron chi connectivity index (χ1n) is 9.69. The smallest absolute Gasteiger partial charge is 0.0407 e. The van der Waals surface area contributed by atoms with E-state index in [1.807, 2.05) is 12.1 Å². The third-order valence-corrected chi connectivity index (χ3v) is 5.46. The van der Waals surface area contributed by atoms with Gasteiger partial charge >= 0.3 is 0 Å². The van der Waals surface area contributed by atoms with Gasteiger partial charge in [-0.2, -0.15) is 0 Å². The van der Waals surface area contributed by atoms with Crippen LogP contribution in [0.1, 0.15) is 5.56 Å². The maximum absolute atomic E-state index is 6.00. The van der Waals surface area contributed by atoms with E-state index in [4.69, 9.17) is 11.6 Å².